The highest BCUT2D eigenvalue weighted by atomic mass is 16.5. The van der Waals surface area contributed by atoms with Gasteiger partial charge in [-0.1, -0.05) is 0 Å². The molecule has 1 saturated heterocycles. The van der Waals surface area contributed by atoms with E-state index >= 15 is 0 Å². The van der Waals surface area contributed by atoms with E-state index in [4.69, 9.17) is 10.5 Å². The monoisotopic (exact) mass is 221 g/mol. The van der Waals surface area contributed by atoms with Crippen LogP contribution in [0.1, 0.15) is 41.5 Å². The Bertz CT molecular complexity index is 350. The molecule has 88 valence electrons. The molecule has 4 heteroatoms. The maximum Gasteiger partial charge on any atom is 0.132 e. The van der Waals surface area contributed by atoms with Crippen molar-refractivity contribution in [3.63, 3.8) is 0 Å². The molecule has 0 radical (unpaired) electrons. The molecule has 2 N–H and O–H groups in total. The van der Waals surface area contributed by atoms with Gasteiger partial charge in [0.1, 0.15) is 5.82 Å². The number of hydrogen-bond donors (Lipinski definition) is 1. The minimum atomic E-state index is 0.456. The van der Waals surface area contributed by atoms with Crippen molar-refractivity contribution in [2.24, 2.45) is 5.73 Å². The van der Waals surface area contributed by atoms with Gasteiger partial charge in [0.15, 0.2) is 0 Å². The summed E-state index contributed by atoms with van der Waals surface area (Å²) in [6, 6.07) is 0. The molecule has 2 heterocycles. The minimum absolute atomic E-state index is 0.456. The predicted molar refractivity (Wildman–Crippen MR) is 62.2 cm³/mol. The van der Waals surface area contributed by atoms with Crippen LogP contribution >= 0.6 is 0 Å². The van der Waals surface area contributed by atoms with Crippen molar-refractivity contribution in [2.75, 3.05) is 13.2 Å². The normalized spacial score (nSPS) is 17.7. The summed E-state index contributed by atoms with van der Waals surface area (Å²) < 4.78 is 5.35. The molecule has 1 aromatic rings. The molecule has 0 atom stereocenters. The first-order valence-corrected chi connectivity index (χ1v) is 5.84. The third-order valence-corrected chi connectivity index (χ3v) is 3.23. The summed E-state index contributed by atoms with van der Waals surface area (Å²) in [5, 5.41) is 0. The number of nitrogens with zero attached hydrogens (tertiary/aromatic N) is 2. The van der Waals surface area contributed by atoms with Crippen LogP contribution < -0.4 is 5.73 Å². The molecule has 16 heavy (non-hydrogen) atoms. The molecule has 0 unspecified atom stereocenters. The Labute approximate surface area is 96.2 Å². The zero-order valence-electron chi connectivity index (χ0n) is 9.99. The van der Waals surface area contributed by atoms with Crippen LogP contribution in [-0.4, -0.2) is 23.2 Å². The fourth-order valence-electron chi connectivity index (χ4n) is 2.20. The molecule has 1 aliphatic rings. The smallest absolute Gasteiger partial charge is 0.132 e. The van der Waals surface area contributed by atoms with Crippen molar-refractivity contribution in [1.29, 1.82) is 0 Å². The molecule has 0 aromatic carbocycles. The zero-order valence-corrected chi connectivity index (χ0v) is 9.99. The van der Waals surface area contributed by atoms with E-state index in [9.17, 15) is 0 Å². The second kappa shape index (κ2) is 4.89. The Morgan fingerprint density at radius 2 is 1.75 bits per heavy atom. The van der Waals surface area contributed by atoms with E-state index in [1.165, 1.54) is 0 Å². The van der Waals surface area contributed by atoms with Crippen molar-refractivity contribution in [3.05, 3.63) is 22.8 Å². The summed E-state index contributed by atoms with van der Waals surface area (Å²) in [5.41, 5.74) is 8.81. The lowest BCUT2D eigenvalue weighted by Gasteiger charge is -2.22. The fraction of sp³-hybridized carbons (Fsp3) is 0.667. The van der Waals surface area contributed by atoms with Crippen molar-refractivity contribution < 1.29 is 4.74 Å². The summed E-state index contributed by atoms with van der Waals surface area (Å²) in [6.07, 6.45) is 2.06. The van der Waals surface area contributed by atoms with Crippen LogP contribution in [0.2, 0.25) is 0 Å². The van der Waals surface area contributed by atoms with E-state index < -0.39 is 0 Å². The van der Waals surface area contributed by atoms with Crippen molar-refractivity contribution >= 4 is 0 Å². The third kappa shape index (κ3) is 2.23. The van der Waals surface area contributed by atoms with Crippen molar-refractivity contribution in [2.45, 2.75) is 39.2 Å². The van der Waals surface area contributed by atoms with Gasteiger partial charge in [-0.25, -0.2) is 9.97 Å². The van der Waals surface area contributed by atoms with Gasteiger partial charge in [-0.15, -0.1) is 0 Å². The second-order valence-electron chi connectivity index (χ2n) is 4.32. The number of aryl methyl sites for hydroxylation is 2. The van der Waals surface area contributed by atoms with Crippen LogP contribution in [0.5, 0.6) is 0 Å². The molecule has 0 saturated carbocycles. The first-order valence-electron chi connectivity index (χ1n) is 5.84. The van der Waals surface area contributed by atoms with E-state index in [1.54, 1.807) is 0 Å². The maximum absolute atomic E-state index is 5.68. The standard InChI is InChI=1S/C12H19N3O/c1-8-11(7-13)9(2)15-12(14-8)10-3-5-16-6-4-10/h10H,3-7,13H2,1-2H3. The molecule has 1 aromatic heterocycles. The van der Waals surface area contributed by atoms with Crippen LogP contribution in [0.4, 0.5) is 0 Å². The summed E-state index contributed by atoms with van der Waals surface area (Å²) in [6.45, 7) is 6.20. The average Bonchev–Trinajstić information content (AvgIpc) is 2.30. The maximum atomic E-state index is 5.68. The second-order valence-corrected chi connectivity index (χ2v) is 4.32. The molecule has 2 rings (SSSR count). The van der Waals surface area contributed by atoms with Crippen molar-refractivity contribution in [3.8, 4) is 0 Å². The summed E-state index contributed by atoms with van der Waals surface area (Å²) >= 11 is 0. The summed E-state index contributed by atoms with van der Waals surface area (Å²) in [4.78, 5) is 9.16. The lowest BCUT2D eigenvalue weighted by atomic mass is 9.99. The Hall–Kier alpha value is -1.00. The van der Waals surface area contributed by atoms with E-state index in [0.29, 0.717) is 12.5 Å². The van der Waals surface area contributed by atoms with E-state index in [-0.39, 0.29) is 0 Å². The number of hydrogen-bond acceptors (Lipinski definition) is 4. The predicted octanol–water partition coefficient (Wildman–Crippen LogP) is 1.45. The molecule has 0 bridgehead atoms. The zero-order chi connectivity index (χ0) is 11.5. The van der Waals surface area contributed by atoms with Crippen LogP contribution in [0.3, 0.4) is 0 Å². The van der Waals surface area contributed by atoms with Gasteiger partial charge in [-0.05, 0) is 26.7 Å². The van der Waals surface area contributed by atoms with Gasteiger partial charge >= 0.3 is 0 Å². The highest BCUT2D eigenvalue weighted by Gasteiger charge is 2.20. The first-order chi connectivity index (χ1) is 7.72. The highest BCUT2D eigenvalue weighted by molar-refractivity contribution is 5.24. The third-order valence-electron chi connectivity index (χ3n) is 3.23. The molecule has 0 amide bonds. The van der Waals surface area contributed by atoms with Crippen LogP contribution in [0.15, 0.2) is 0 Å². The highest BCUT2D eigenvalue weighted by Crippen LogP contribution is 2.25. The Morgan fingerprint density at radius 1 is 1.19 bits per heavy atom. The minimum Gasteiger partial charge on any atom is -0.381 e. The van der Waals surface area contributed by atoms with Crippen LogP contribution in [0.25, 0.3) is 0 Å². The van der Waals surface area contributed by atoms with Crippen molar-refractivity contribution in [1.82, 2.24) is 9.97 Å². The van der Waals surface area contributed by atoms with Gasteiger partial charge in [0.25, 0.3) is 0 Å². The van der Waals surface area contributed by atoms with Gasteiger partial charge in [0, 0.05) is 42.6 Å². The van der Waals surface area contributed by atoms with Gasteiger partial charge in [-0.2, -0.15) is 0 Å². The molecule has 0 aliphatic carbocycles. The fourth-order valence-corrected chi connectivity index (χ4v) is 2.20. The van der Waals surface area contributed by atoms with E-state index in [1.807, 2.05) is 13.8 Å². The number of aromatic nitrogens is 2. The Balaban J connectivity index is 2.28. The summed E-state index contributed by atoms with van der Waals surface area (Å²) in [5.74, 6) is 1.42. The van der Waals surface area contributed by atoms with Gasteiger partial charge in [0.2, 0.25) is 0 Å². The van der Waals surface area contributed by atoms with E-state index in [2.05, 4.69) is 9.97 Å². The van der Waals surface area contributed by atoms with Gasteiger partial charge in [-0.3, -0.25) is 0 Å². The average molecular weight is 221 g/mol. The van der Waals surface area contributed by atoms with E-state index in [0.717, 1.165) is 48.8 Å². The lowest BCUT2D eigenvalue weighted by molar-refractivity contribution is 0.0835. The van der Waals surface area contributed by atoms with Gasteiger partial charge < -0.3 is 10.5 Å². The molecule has 0 spiro atoms. The van der Waals surface area contributed by atoms with Crippen LogP contribution in [0, 0.1) is 13.8 Å². The van der Waals surface area contributed by atoms with Gasteiger partial charge in [0.05, 0.1) is 0 Å². The topological polar surface area (TPSA) is 61.0 Å². The number of nitrogens with two attached hydrogens (primary N) is 1. The Kier molecular flexibility index (Phi) is 3.51. The Morgan fingerprint density at radius 3 is 2.25 bits per heavy atom. The lowest BCUT2D eigenvalue weighted by Crippen LogP contribution is -2.18. The molecule has 4 nitrogen and oxygen atoms in total. The molecule has 1 aliphatic heterocycles. The summed E-state index contributed by atoms with van der Waals surface area (Å²) in [7, 11) is 0. The van der Waals surface area contributed by atoms with Crippen LogP contribution in [-0.2, 0) is 11.3 Å². The molecule has 1 fully saturated rings. The quantitative estimate of drug-likeness (QED) is 0.821. The molecular formula is C12H19N3O. The number of rotatable bonds is 2. The SMILES string of the molecule is Cc1nc(C2CCOCC2)nc(C)c1CN. The largest absolute Gasteiger partial charge is 0.381 e. The molecular weight excluding hydrogens is 202 g/mol. The first kappa shape index (κ1) is 11.5. The number of ether oxygens (including phenoxy) is 1.